The molecule has 1 saturated carbocycles. The number of carbonyl (C=O) groups is 1. The minimum Gasteiger partial charge on any atom is -0.443 e. The van der Waals surface area contributed by atoms with E-state index in [1.54, 1.807) is 4.90 Å². The summed E-state index contributed by atoms with van der Waals surface area (Å²) in [7, 11) is 0. The molecule has 1 aromatic heterocycles. The lowest BCUT2D eigenvalue weighted by Crippen LogP contribution is -2.40. The van der Waals surface area contributed by atoms with Crippen LogP contribution in [-0.4, -0.2) is 23.2 Å². The molecule has 0 bridgehead atoms. The third-order valence-corrected chi connectivity index (χ3v) is 4.65. The molecule has 1 amide bonds. The van der Waals surface area contributed by atoms with Gasteiger partial charge in [-0.25, -0.2) is 4.79 Å². The smallest absolute Gasteiger partial charge is 0.414 e. The van der Waals surface area contributed by atoms with Crippen molar-refractivity contribution in [3.63, 3.8) is 0 Å². The molecular formula is C15H19BrN2O2. The second kappa shape index (κ2) is 4.45. The van der Waals surface area contributed by atoms with Crippen molar-refractivity contribution >= 4 is 27.7 Å². The van der Waals surface area contributed by atoms with Crippen LogP contribution in [0.25, 0.3) is 0 Å². The molecular weight excluding hydrogens is 320 g/mol. The van der Waals surface area contributed by atoms with Crippen molar-refractivity contribution in [3.8, 4) is 0 Å². The lowest BCUT2D eigenvalue weighted by molar-refractivity contribution is 0.0576. The van der Waals surface area contributed by atoms with Crippen LogP contribution in [0.1, 0.15) is 44.4 Å². The average Bonchev–Trinajstić information content (AvgIpc) is 3.09. The fraction of sp³-hybridized carbons (Fsp3) is 0.600. The minimum atomic E-state index is -0.481. The number of aromatic nitrogens is 1. The standard InChI is InChI=1S/C15H19BrN2O2/c1-8-11(16)6-17-12-10-5-9(10)7-18(13(8)12)14(19)20-15(2,3)4/h6,9-10H,5,7H2,1-4H3. The summed E-state index contributed by atoms with van der Waals surface area (Å²) in [6.07, 6.45) is 2.69. The van der Waals surface area contributed by atoms with Crippen LogP contribution in [-0.2, 0) is 4.74 Å². The van der Waals surface area contributed by atoms with Crippen molar-refractivity contribution in [2.75, 3.05) is 11.4 Å². The van der Waals surface area contributed by atoms with Crippen LogP contribution in [0.4, 0.5) is 10.5 Å². The molecule has 4 nitrogen and oxygen atoms in total. The van der Waals surface area contributed by atoms with Crippen molar-refractivity contribution in [1.29, 1.82) is 0 Å². The number of nitrogens with zero attached hydrogens (tertiary/aromatic N) is 2. The molecule has 2 unspecified atom stereocenters. The maximum atomic E-state index is 12.5. The van der Waals surface area contributed by atoms with Gasteiger partial charge in [0.15, 0.2) is 0 Å². The number of ether oxygens (including phenoxy) is 1. The number of halogens is 1. The van der Waals surface area contributed by atoms with E-state index in [1.165, 1.54) is 0 Å². The highest BCUT2D eigenvalue weighted by molar-refractivity contribution is 9.10. The fourth-order valence-corrected chi connectivity index (χ4v) is 3.08. The van der Waals surface area contributed by atoms with Crippen LogP contribution in [0.5, 0.6) is 0 Å². The van der Waals surface area contributed by atoms with Gasteiger partial charge in [0.2, 0.25) is 0 Å². The molecule has 1 fully saturated rings. The summed E-state index contributed by atoms with van der Waals surface area (Å²) in [4.78, 5) is 18.8. The monoisotopic (exact) mass is 338 g/mol. The number of carbonyl (C=O) groups excluding carboxylic acids is 1. The Morgan fingerprint density at radius 2 is 2.20 bits per heavy atom. The van der Waals surface area contributed by atoms with Crippen molar-refractivity contribution in [2.45, 2.75) is 45.6 Å². The zero-order chi connectivity index (χ0) is 14.7. The van der Waals surface area contributed by atoms with Gasteiger partial charge in [0.25, 0.3) is 0 Å². The summed E-state index contributed by atoms with van der Waals surface area (Å²) in [6.45, 7) is 8.43. The van der Waals surface area contributed by atoms with E-state index in [0.29, 0.717) is 11.8 Å². The Hall–Kier alpha value is -1.10. The highest BCUT2D eigenvalue weighted by Gasteiger charge is 2.49. The largest absolute Gasteiger partial charge is 0.443 e. The summed E-state index contributed by atoms with van der Waals surface area (Å²) < 4.78 is 6.47. The number of hydrogen-bond acceptors (Lipinski definition) is 3. The van der Waals surface area contributed by atoms with Gasteiger partial charge in [0.05, 0.1) is 11.4 Å². The van der Waals surface area contributed by atoms with E-state index >= 15 is 0 Å². The predicted molar refractivity (Wildman–Crippen MR) is 81.1 cm³/mol. The maximum Gasteiger partial charge on any atom is 0.414 e. The van der Waals surface area contributed by atoms with E-state index in [2.05, 4.69) is 20.9 Å². The van der Waals surface area contributed by atoms with Gasteiger partial charge in [-0.05, 0) is 61.5 Å². The van der Waals surface area contributed by atoms with Crippen LogP contribution in [0.15, 0.2) is 10.7 Å². The molecule has 0 radical (unpaired) electrons. The second-order valence-corrected chi connectivity index (χ2v) is 7.51. The molecule has 3 rings (SSSR count). The van der Waals surface area contributed by atoms with Gasteiger partial charge in [-0.3, -0.25) is 9.88 Å². The molecule has 0 spiro atoms. The van der Waals surface area contributed by atoms with E-state index in [1.807, 2.05) is 33.9 Å². The molecule has 20 heavy (non-hydrogen) atoms. The van der Waals surface area contributed by atoms with Gasteiger partial charge in [0.1, 0.15) is 5.60 Å². The molecule has 5 heteroatoms. The summed E-state index contributed by atoms with van der Waals surface area (Å²) >= 11 is 3.50. The van der Waals surface area contributed by atoms with E-state index in [4.69, 9.17) is 4.74 Å². The molecule has 108 valence electrons. The first kappa shape index (κ1) is 13.9. The molecule has 0 N–H and O–H groups in total. The fourth-order valence-electron chi connectivity index (χ4n) is 2.79. The summed E-state index contributed by atoms with van der Waals surface area (Å²) in [5.41, 5.74) is 2.57. The zero-order valence-electron chi connectivity index (χ0n) is 12.2. The number of hydrogen-bond donors (Lipinski definition) is 0. The SMILES string of the molecule is Cc1c(Br)cnc2c1N(C(=O)OC(C)(C)C)CC1CC21. The van der Waals surface area contributed by atoms with E-state index in [-0.39, 0.29) is 6.09 Å². The number of rotatable bonds is 0. The van der Waals surface area contributed by atoms with Gasteiger partial charge < -0.3 is 4.74 Å². The second-order valence-electron chi connectivity index (χ2n) is 6.66. The van der Waals surface area contributed by atoms with Gasteiger partial charge in [0, 0.05) is 23.1 Å². The molecule has 0 aromatic carbocycles. The van der Waals surface area contributed by atoms with Crippen molar-refractivity contribution in [3.05, 3.63) is 21.9 Å². The Morgan fingerprint density at radius 3 is 2.85 bits per heavy atom. The van der Waals surface area contributed by atoms with E-state index < -0.39 is 5.60 Å². The van der Waals surface area contributed by atoms with Gasteiger partial charge >= 0.3 is 6.09 Å². The van der Waals surface area contributed by atoms with Crippen molar-refractivity contribution < 1.29 is 9.53 Å². The molecule has 0 saturated heterocycles. The normalized spacial score (nSPS) is 23.9. The molecule has 2 atom stereocenters. The first-order valence-corrected chi connectivity index (χ1v) is 7.73. The van der Waals surface area contributed by atoms with Gasteiger partial charge in [-0.15, -0.1) is 0 Å². The topological polar surface area (TPSA) is 42.4 Å². The van der Waals surface area contributed by atoms with Crippen molar-refractivity contribution in [1.82, 2.24) is 4.98 Å². The third kappa shape index (κ3) is 2.32. The van der Waals surface area contributed by atoms with Crippen LogP contribution in [0, 0.1) is 12.8 Å². The maximum absolute atomic E-state index is 12.5. The average molecular weight is 339 g/mol. The molecule has 2 aliphatic rings. The number of pyridine rings is 1. The Kier molecular flexibility index (Phi) is 3.08. The highest BCUT2D eigenvalue weighted by Crippen LogP contribution is 2.55. The van der Waals surface area contributed by atoms with Crippen LogP contribution >= 0.6 is 15.9 Å². The van der Waals surface area contributed by atoms with Crippen LogP contribution in [0.3, 0.4) is 0 Å². The number of fused-ring (bicyclic) bond motifs is 3. The minimum absolute atomic E-state index is 0.271. The number of amides is 1. The van der Waals surface area contributed by atoms with E-state index in [9.17, 15) is 4.79 Å². The van der Waals surface area contributed by atoms with E-state index in [0.717, 1.165) is 34.4 Å². The first-order valence-electron chi connectivity index (χ1n) is 6.93. The van der Waals surface area contributed by atoms with Gasteiger partial charge in [-0.1, -0.05) is 0 Å². The Bertz CT molecular complexity index is 580. The molecule has 1 aromatic rings. The third-order valence-electron chi connectivity index (χ3n) is 3.85. The quantitative estimate of drug-likeness (QED) is 0.717. The van der Waals surface area contributed by atoms with Crippen LogP contribution in [0.2, 0.25) is 0 Å². The number of anilines is 1. The van der Waals surface area contributed by atoms with Crippen LogP contribution < -0.4 is 4.90 Å². The molecule has 2 heterocycles. The lowest BCUT2D eigenvalue weighted by Gasteiger charge is -2.32. The zero-order valence-corrected chi connectivity index (χ0v) is 13.8. The summed E-state index contributed by atoms with van der Waals surface area (Å²) in [5.74, 6) is 1.07. The Morgan fingerprint density at radius 1 is 1.50 bits per heavy atom. The molecule has 1 aliphatic carbocycles. The summed E-state index contributed by atoms with van der Waals surface area (Å²) in [6, 6.07) is 0. The predicted octanol–water partition coefficient (Wildman–Crippen LogP) is 4.01. The highest BCUT2D eigenvalue weighted by atomic mass is 79.9. The lowest BCUT2D eigenvalue weighted by atomic mass is 10.0. The van der Waals surface area contributed by atoms with Crippen molar-refractivity contribution in [2.24, 2.45) is 5.92 Å². The Labute approximate surface area is 127 Å². The summed E-state index contributed by atoms with van der Waals surface area (Å²) in [5, 5.41) is 0. The molecule has 1 aliphatic heterocycles. The van der Waals surface area contributed by atoms with Gasteiger partial charge in [-0.2, -0.15) is 0 Å². The first-order chi connectivity index (χ1) is 9.28. The Balaban J connectivity index is 2.00.